The Balaban J connectivity index is 1.79. The third-order valence-electron chi connectivity index (χ3n) is 4.29. The number of nitrogens with zero attached hydrogens (tertiary/aromatic N) is 2. The van der Waals surface area contributed by atoms with Crippen molar-refractivity contribution in [1.29, 1.82) is 0 Å². The number of hydrogen-bond acceptors (Lipinski definition) is 6. The molecule has 2 aromatic carbocycles. The van der Waals surface area contributed by atoms with Crippen LogP contribution in [0, 0.1) is 0 Å². The van der Waals surface area contributed by atoms with Crippen LogP contribution in [0.4, 0.5) is 0 Å². The number of esters is 1. The van der Waals surface area contributed by atoms with Crippen LogP contribution in [0.2, 0.25) is 0 Å². The Morgan fingerprint density at radius 2 is 1.68 bits per heavy atom. The quantitative estimate of drug-likeness (QED) is 0.633. The topological polar surface area (TPSA) is 90.4 Å². The normalized spacial score (nSPS) is 12.9. The van der Waals surface area contributed by atoms with Gasteiger partial charge in [-0.1, -0.05) is 42.5 Å². The summed E-state index contributed by atoms with van der Waals surface area (Å²) in [6.45, 7) is 0. The van der Waals surface area contributed by atoms with Crippen molar-refractivity contribution >= 4 is 22.9 Å². The van der Waals surface area contributed by atoms with E-state index in [9.17, 15) is 9.59 Å². The van der Waals surface area contributed by atoms with E-state index < -0.39 is 24.0 Å². The number of hydrogen-bond donors (Lipinski definition) is 1. The SMILES string of the molecule is COC(=O)[C@@H](Cc1cnc2ccccc2n1)NC(=O)[C@H](OC)c1ccccc1. The summed E-state index contributed by atoms with van der Waals surface area (Å²) in [5, 5.41) is 2.71. The molecule has 7 nitrogen and oxygen atoms in total. The van der Waals surface area contributed by atoms with Crippen LogP contribution in [0.25, 0.3) is 11.0 Å². The Bertz CT molecular complexity index is 962. The minimum atomic E-state index is -0.908. The molecule has 0 bridgehead atoms. The Hall–Kier alpha value is -3.32. The van der Waals surface area contributed by atoms with E-state index in [-0.39, 0.29) is 6.42 Å². The van der Waals surface area contributed by atoms with Crippen molar-refractivity contribution in [2.75, 3.05) is 14.2 Å². The van der Waals surface area contributed by atoms with Gasteiger partial charge in [-0.15, -0.1) is 0 Å². The molecule has 3 rings (SSSR count). The highest BCUT2D eigenvalue weighted by atomic mass is 16.5. The van der Waals surface area contributed by atoms with Gasteiger partial charge in [-0.25, -0.2) is 9.78 Å². The number of benzene rings is 2. The Morgan fingerprint density at radius 3 is 2.36 bits per heavy atom. The van der Waals surface area contributed by atoms with Gasteiger partial charge in [0.25, 0.3) is 5.91 Å². The highest BCUT2D eigenvalue weighted by Crippen LogP contribution is 2.17. The first-order valence-corrected chi connectivity index (χ1v) is 8.79. The van der Waals surface area contributed by atoms with E-state index >= 15 is 0 Å². The van der Waals surface area contributed by atoms with Crippen molar-refractivity contribution < 1.29 is 19.1 Å². The first kappa shape index (κ1) is 19.4. The lowest BCUT2D eigenvalue weighted by Crippen LogP contribution is -2.45. The second-order valence-electron chi connectivity index (χ2n) is 6.16. The van der Waals surface area contributed by atoms with Gasteiger partial charge in [0.05, 0.1) is 23.8 Å². The number of methoxy groups -OCH3 is 2. The van der Waals surface area contributed by atoms with E-state index in [0.717, 1.165) is 5.52 Å². The van der Waals surface area contributed by atoms with E-state index in [4.69, 9.17) is 9.47 Å². The van der Waals surface area contributed by atoms with Crippen LogP contribution in [0.1, 0.15) is 17.4 Å². The largest absolute Gasteiger partial charge is 0.467 e. The molecule has 0 aliphatic heterocycles. The first-order chi connectivity index (χ1) is 13.6. The van der Waals surface area contributed by atoms with Gasteiger partial charge in [0, 0.05) is 19.7 Å². The standard InChI is InChI=1S/C21H21N3O4/c1-27-19(14-8-4-3-5-9-14)20(25)24-18(21(26)28-2)12-15-13-22-16-10-6-7-11-17(16)23-15/h3-11,13,18-19H,12H2,1-2H3,(H,24,25)/t18-,19-/m1/s1. The summed E-state index contributed by atoms with van der Waals surface area (Å²) in [7, 11) is 2.72. The second kappa shape index (κ2) is 9.05. The van der Waals surface area contributed by atoms with Crippen molar-refractivity contribution in [2.24, 2.45) is 0 Å². The average molecular weight is 379 g/mol. The Morgan fingerprint density at radius 1 is 1.00 bits per heavy atom. The summed E-state index contributed by atoms with van der Waals surface area (Å²) >= 11 is 0. The first-order valence-electron chi connectivity index (χ1n) is 8.79. The molecule has 28 heavy (non-hydrogen) atoms. The van der Waals surface area contributed by atoms with E-state index in [2.05, 4.69) is 15.3 Å². The molecule has 1 amide bonds. The Kier molecular flexibility index (Phi) is 6.29. The van der Waals surface area contributed by atoms with Crippen LogP contribution in [-0.2, 0) is 25.5 Å². The number of para-hydroxylation sites is 2. The number of nitrogens with one attached hydrogen (secondary N) is 1. The maximum absolute atomic E-state index is 12.7. The fourth-order valence-corrected chi connectivity index (χ4v) is 2.91. The number of ether oxygens (including phenoxy) is 2. The summed E-state index contributed by atoms with van der Waals surface area (Å²) in [5.41, 5.74) is 2.74. The van der Waals surface area contributed by atoms with Gasteiger partial charge in [-0.2, -0.15) is 0 Å². The minimum absolute atomic E-state index is 0.154. The molecule has 2 atom stereocenters. The van der Waals surface area contributed by atoms with Gasteiger partial charge >= 0.3 is 5.97 Å². The maximum Gasteiger partial charge on any atom is 0.328 e. The zero-order valence-electron chi connectivity index (χ0n) is 15.7. The van der Waals surface area contributed by atoms with Gasteiger partial charge in [0.1, 0.15) is 6.04 Å². The number of rotatable bonds is 7. The molecular weight excluding hydrogens is 358 g/mol. The van der Waals surface area contributed by atoms with Crippen LogP contribution in [-0.4, -0.2) is 42.1 Å². The molecule has 0 aliphatic rings. The lowest BCUT2D eigenvalue weighted by Gasteiger charge is -2.20. The highest BCUT2D eigenvalue weighted by Gasteiger charge is 2.28. The van der Waals surface area contributed by atoms with E-state index in [1.165, 1.54) is 14.2 Å². The van der Waals surface area contributed by atoms with Crippen molar-refractivity contribution in [2.45, 2.75) is 18.6 Å². The number of amides is 1. The lowest BCUT2D eigenvalue weighted by atomic mass is 10.1. The van der Waals surface area contributed by atoms with E-state index in [1.54, 1.807) is 18.3 Å². The molecule has 7 heteroatoms. The molecule has 1 N–H and O–H groups in total. The number of carbonyl (C=O) groups excluding carboxylic acids is 2. The summed E-state index contributed by atoms with van der Waals surface area (Å²) in [6, 6.07) is 15.6. The molecule has 0 fully saturated rings. The van der Waals surface area contributed by atoms with Gasteiger partial charge in [0.15, 0.2) is 6.10 Å². The maximum atomic E-state index is 12.7. The average Bonchev–Trinajstić information content (AvgIpc) is 2.74. The smallest absolute Gasteiger partial charge is 0.328 e. The molecule has 0 saturated carbocycles. The van der Waals surface area contributed by atoms with Gasteiger partial charge in [0.2, 0.25) is 0 Å². The summed E-state index contributed by atoms with van der Waals surface area (Å²) < 4.78 is 10.2. The van der Waals surface area contributed by atoms with Crippen molar-refractivity contribution in [3.05, 3.63) is 72.1 Å². The summed E-state index contributed by atoms with van der Waals surface area (Å²) in [4.78, 5) is 33.8. The van der Waals surface area contributed by atoms with Gasteiger partial charge in [-0.05, 0) is 17.7 Å². The van der Waals surface area contributed by atoms with Gasteiger partial charge < -0.3 is 14.8 Å². The van der Waals surface area contributed by atoms with Gasteiger partial charge in [-0.3, -0.25) is 9.78 Å². The highest BCUT2D eigenvalue weighted by molar-refractivity contribution is 5.88. The third-order valence-corrected chi connectivity index (χ3v) is 4.29. The summed E-state index contributed by atoms with van der Waals surface area (Å²) in [6.07, 6.45) is 0.910. The molecule has 144 valence electrons. The fraction of sp³-hybridized carbons (Fsp3) is 0.238. The van der Waals surface area contributed by atoms with Crippen molar-refractivity contribution in [3.8, 4) is 0 Å². The minimum Gasteiger partial charge on any atom is -0.467 e. The zero-order chi connectivity index (χ0) is 19.9. The molecule has 1 aromatic heterocycles. The Labute approximate surface area is 162 Å². The molecule has 0 spiro atoms. The second-order valence-corrected chi connectivity index (χ2v) is 6.16. The number of aromatic nitrogens is 2. The molecular formula is C21H21N3O4. The zero-order valence-corrected chi connectivity index (χ0v) is 15.7. The van der Waals surface area contributed by atoms with E-state index in [0.29, 0.717) is 16.8 Å². The molecule has 3 aromatic rings. The molecule has 0 unspecified atom stereocenters. The van der Waals surface area contributed by atoms with Crippen LogP contribution in [0.3, 0.4) is 0 Å². The van der Waals surface area contributed by atoms with Crippen LogP contribution in [0.5, 0.6) is 0 Å². The predicted molar refractivity (Wildman–Crippen MR) is 103 cm³/mol. The number of carbonyl (C=O) groups is 2. The lowest BCUT2D eigenvalue weighted by molar-refractivity contribution is -0.146. The van der Waals surface area contributed by atoms with Crippen LogP contribution >= 0.6 is 0 Å². The van der Waals surface area contributed by atoms with E-state index in [1.807, 2.05) is 42.5 Å². The van der Waals surface area contributed by atoms with Crippen LogP contribution < -0.4 is 5.32 Å². The molecule has 0 radical (unpaired) electrons. The van der Waals surface area contributed by atoms with Crippen molar-refractivity contribution in [1.82, 2.24) is 15.3 Å². The summed E-state index contributed by atoms with van der Waals surface area (Å²) in [5.74, 6) is -0.996. The molecule has 0 saturated heterocycles. The van der Waals surface area contributed by atoms with Crippen molar-refractivity contribution in [3.63, 3.8) is 0 Å². The number of fused-ring (bicyclic) bond motifs is 1. The fourth-order valence-electron chi connectivity index (χ4n) is 2.91. The monoisotopic (exact) mass is 379 g/mol. The molecule has 0 aliphatic carbocycles. The van der Waals surface area contributed by atoms with Crippen LogP contribution in [0.15, 0.2) is 60.8 Å². The third kappa shape index (κ3) is 4.50. The molecule has 1 heterocycles. The predicted octanol–water partition coefficient (Wildman–Crippen LogP) is 2.22.